The molecule has 0 saturated carbocycles. The zero-order chi connectivity index (χ0) is 14.3. The Morgan fingerprint density at radius 2 is 1.89 bits per heavy atom. The molecule has 104 valence electrons. The monoisotopic (exact) mass is 329 g/mol. The van der Waals surface area contributed by atoms with Gasteiger partial charge < -0.3 is 9.47 Å². The van der Waals surface area contributed by atoms with Crippen molar-refractivity contribution in [3.63, 3.8) is 0 Å². The van der Waals surface area contributed by atoms with Gasteiger partial charge in [0.1, 0.15) is 6.61 Å². The van der Waals surface area contributed by atoms with Gasteiger partial charge in [0.15, 0.2) is 5.78 Å². The predicted octanol–water partition coefficient (Wildman–Crippen LogP) is 2.85. The first-order valence-electron chi connectivity index (χ1n) is 5.75. The van der Waals surface area contributed by atoms with Crippen molar-refractivity contribution in [1.82, 2.24) is 0 Å². The number of nitrogens with one attached hydrogen (secondary N) is 1. The predicted molar refractivity (Wildman–Crippen MR) is 76.0 cm³/mol. The Hall–Kier alpha value is -1.40. The molecule has 0 saturated heterocycles. The molecule has 1 aromatic carbocycles. The fraction of sp³-hybridized carbons (Fsp3) is 0.385. The van der Waals surface area contributed by atoms with Crippen molar-refractivity contribution in [2.45, 2.75) is 11.8 Å². The van der Waals surface area contributed by atoms with E-state index in [2.05, 4.69) is 21.2 Å². The summed E-state index contributed by atoms with van der Waals surface area (Å²) in [6, 6.07) is 6.62. The summed E-state index contributed by atoms with van der Waals surface area (Å²) in [7, 11) is 1.53. The second-order valence-electron chi connectivity index (χ2n) is 3.81. The van der Waals surface area contributed by atoms with Crippen LogP contribution in [0.25, 0.3) is 0 Å². The SMILES string of the molecule is COCCOC(=O)Nc1ccc(C(=O)C(C)Br)cc1. The largest absolute Gasteiger partial charge is 0.447 e. The average Bonchev–Trinajstić information content (AvgIpc) is 2.39. The van der Waals surface area contributed by atoms with Gasteiger partial charge in [0.25, 0.3) is 0 Å². The summed E-state index contributed by atoms with van der Waals surface area (Å²) < 4.78 is 9.61. The summed E-state index contributed by atoms with van der Waals surface area (Å²) in [4.78, 5) is 22.8. The van der Waals surface area contributed by atoms with E-state index in [-0.39, 0.29) is 17.2 Å². The lowest BCUT2D eigenvalue weighted by molar-refractivity contribution is 0.0995. The summed E-state index contributed by atoms with van der Waals surface area (Å²) in [5, 5.41) is 2.56. The van der Waals surface area contributed by atoms with Gasteiger partial charge >= 0.3 is 6.09 Å². The number of amides is 1. The van der Waals surface area contributed by atoms with Crippen LogP contribution in [-0.4, -0.2) is 37.0 Å². The van der Waals surface area contributed by atoms with Crippen molar-refractivity contribution in [2.75, 3.05) is 25.6 Å². The zero-order valence-electron chi connectivity index (χ0n) is 10.8. The van der Waals surface area contributed by atoms with Crippen LogP contribution in [0, 0.1) is 0 Å². The maximum absolute atomic E-state index is 11.7. The molecule has 0 aliphatic rings. The van der Waals surface area contributed by atoms with E-state index in [4.69, 9.17) is 9.47 Å². The fourth-order valence-corrected chi connectivity index (χ4v) is 1.58. The second kappa shape index (κ2) is 7.91. The van der Waals surface area contributed by atoms with E-state index in [9.17, 15) is 9.59 Å². The quantitative estimate of drug-likeness (QED) is 0.495. The standard InChI is InChI=1S/C13H16BrNO4/c1-9(14)12(16)10-3-5-11(6-4-10)15-13(17)19-8-7-18-2/h3-6,9H,7-8H2,1-2H3,(H,15,17). The molecule has 1 unspecified atom stereocenters. The number of hydrogen-bond acceptors (Lipinski definition) is 4. The Bertz CT molecular complexity index is 431. The van der Waals surface area contributed by atoms with Gasteiger partial charge in [-0.05, 0) is 31.2 Å². The lowest BCUT2D eigenvalue weighted by atomic mass is 10.1. The minimum Gasteiger partial charge on any atom is -0.447 e. The van der Waals surface area contributed by atoms with Crippen LogP contribution in [0.2, 0.25) is 0 Å². The molecule has 1 aromatic rings. The summed E-state index contributed by atoms with van der Waals surface area (Å²) in [5.41, 5.74) is 1.16. The Labute approximate surface area is 120 Å². The van der Waals surface area contributed by atoms with Crippen LogP contribution in [0.1, 0.15) is 17.3 Å². The molecule has 1 amide bonds. The van der Waals surface area contributed by atoms with Gasteiger partial charge in [-0.2, -0.15) is 0 Å². The molecule has 0 aliphatic carbocycles. The van der Waals surface area contributed by atoms with Crippen molar-refractivity contribution in [3.05, 3.63) is 29.8 Å². The molecule has 6 heteroatoms. The van der Waals surface area contributed by atoms with Crippen molar-refractivity contribution in [1.29, 1.82) is 0 Å². The number of carbonyl (C=O) groups is 2. The van der Waals surface area contributed by atoms with Crippen molar-refractivity contribution < 1.29 is 19.1 Å². The van der Waals surface area contributed by atoms with Crippen LogP contribution in [0.4, 0.5) is 10.5 Å². The first-order valence-corrected chi connectivity index (χ1v) is 6.67. The summed E-state index contributed by atoms with van der Waals surface area (Å²) >= 11 is 3.22. The molecule has 0 bridgehead atoms. The Kier molecular flexibility index (Phi) is 6.52. The lowest BCUT2D eigenvalue weighted by Gasteiger charge is -2.07. The van der Waals surface area contributed by atoms with E-state index in [1.54, 1.807) is 31.2 Å². The van der Waals surface area contributed by atoms with Gasteiger partial charge in [-0.3, -0.25) is 10.1 Å². The van der Waals surface area contributed by atoms with E-state index in [0.717, 1.165) is 0 Å². The van der Waals surface area contributed by atoms with E-state index >= 15 is 0 Å². The van der Waals surface area contributed by atoms with Crippen LogP contribution in [0.15, 0.2) is 24.3 Å². The van der Waals surface area contributed by atoms with Crippen molar-refractivity contribution >= 4 is 33.5 Å². The summed E-state index contributed by atoms with van der Waals surface area (Å²) in [6.07, 6.45) is -0.551. The minimum atomic E-state index is -0.551. The van der Waals surface area contributed by atoms with Crippen LogP contribution in [-0.2, 0) is 9.47 Å². The van der Waals surface area contributed by atoms with E-state index in [1.165, 1.54) is 7.11 Å². The number of carbonyl (C=O) groups excluding carboxylic acids is 2. The van der Waals surface area contributed by atoms with Crippen molar-refractivity contribution in [2.24, 2.45) is 0 Å². The van der Waals surface area contributed by atoms with Crippen LogP contribution in [0.3, 0.4) is 0 Å². The molecule has 1 N–H and O–H groups in total. The van der Waals surface area contributed by atoms with E-state index in [0.29, 0.717) is 17.9 Å². The maximum Gasteiger partial charge on any atom is 0.411 e. The first kappa shape index (κ1) is 15.7. The number of ketones is 1. The van der Waals surface area contributed by atoms with Crippen LogP contribution in [0.5, 0.6) is 0 Å². The lowest BCUT2D eigenvalue weighted by Crippen LogP contribution is -2.16. The number of anilines is 1. The van der Waals surface area contributed by atoms with E-state index in [1.807, 2.05) is 0 Å². The molecule has 0 radical (unpaired) electrons. The smallest absolute Gasteiger partial charge is 0.411 e. The zero-order valence-corrected chi connectivity index (χ0v) is 12.4. The second-order valence-corrected chi connectivity index (χ2v) is 5.18. The van der Waals surface area contributed by atoms with E-state index < -0.39 is 6.09 Å². The number of methoxy groups -OCH3 is 1. The molecule has 0 heterocycles. The number of halogens is 1. The number of rotatable bonds is 6. The topological polar surface area (TPSA) is 64.6 Å². The number of Topliss-reactive ketones (excluding diaryl/α,β-unsaturated/α-hetero) is 1. The van der Waals surface area contributed by atoms with Gasteiger partial charge in [-0.25, -0.2) is 4.79 Å². The molecule has 0 aliphatic heterocycles. The first-order chi connectivity index (χ1) is 9.04. The third-order valence-electron chi connectivity index (χ3n) is 2.30. The minimum absolute atomic E-state index is 0.00535. The van der Waals surface area contributed by atoms with Crippen LogP contribution >= 0.6 is 15.9 Å². The average molecular weight is 330 g/mol. The Morgan fingerprint density at radius 1 is 1.26 bits per heavy atom. The third-order valence-corrected chi connectivity index (χ3v) is 2.71. The fourth-order valence-electron chi connectivity index (χ4n) is 1.32. The molecule has 1 atom stereocenters. The molecule has 5 nitrogen and oxygen atoms in total. The van der Waals surface area contributed by atoms with Gasteiger partial charge in [0.05, 0.1) is 11.4 Å². The number of hydrogen-bond donors (Lipinski definition) is 1. The van der Waals surface area contributed by atoms with Gasteiger partial charge in [-0.1, -0.05) is 15.9 Å². The number of alkyl halides is 1. The van der Waals surface area contributed by atoms with Crippen LogP contribution < -0.4 is 5.32 Å². The number of benzene rings is 1. The van der Waals surface area contributed by atoms with Crippen molar-refractivity contribution in [3.8, 4) is 0 Å². The maximum atomic E-state index is 11.7. The van der Waals surface area contributed by atoms with Gasteiger partial charge in [0, 0.05) is 18.4 Å². The van der Waals surface area contributed by atoms with Gasteiger partial charge in [-0.15, -0.1) is 0 Å². The molecule has 0 fully saturated rings. The third kappa shape index (κ3) is 5.40. The molecule has 1 rings (SSSR count). The normalized spacial score (nSPS) is 11.7. The Morgan fingerprint density at radius 3 is 2.42 bits per heavy atom. The molecule has 19 heavy (non-hydrogen) atoms. The molecule has 0 aromatic heterocycles. The number of ether oxygens (including phenoxy) is 2. The molecule has 0 spiro atoms. The molecular weight excluding hydrogens is 314 g/mol. The summed E-state index contributed by atoms with van der Waals surface area (Å²) in [5.74, 6) is -0.00535. The van der Waals surface area contributed by atoms with Gasteiger partial charge in [0.2, 0.25) is 0 Å². The molecular formula is C13H16BrNO4. The highest BCUT2D eigenvalue weighted by Crippen LogP contribution is 2.14. The Balaban J connectivity index is 2.52. The highest BCUT2D eigenvalue weighted by atomic mass is 79.9. The highest BCUT2D eigenvalue weighted by molar-refractivity contribution is 9.10. The highest BCUT2D eigenvalue weighted by Gasteiger charge is 2.11. The summed E-state index contributed by atoms with van der Waals surface area (Å²) in [6.45, 7) is 2.31.